The van der Waals surface area contributed by atoms with Gasteiger partial charge in [-0.05, 0) is 55.8 Å². The second kappa shape index (κ2) is 5.88. The number of likely N-dealkylation sites (N-methyl/N-ethyl adjacent to an activating group) is 1. The van der Waals surface area contributed by atoms with Crippen LogP contribution in [0.5, 0.6) is 0 Å². The van der Waals surface area contributed by atoms with E-state index >= 15 is 0 Å². The van der Waals surface area contributed by atoms with Gasteiger partial charge in [0.2, 0.25) is 0 Å². The Bertz CT molecular complexity index is 346. The fourth-order valence-electron chi connectivity index (χ4n) is 3.00. The molecule has 0 saturated heterocycles. The van der Waals surface area contributed by atoms with Gasteiger partial charge in [-0.3, -0.25) is 0 Å². The van der Waals surface area contributed by atoms with Crippen LogP contribution in [0.15, 0.2) is 24.3 Å². The number of hydrogen-bond acceptors (Lipinski definition) is 1. The summed E-state index contributed by atoms with van der Waals surface area (Å²) in [6.07, 6.45) is 5.26. The number of halogens is 1. The van der Waals surface area contributed by atoms with E-state index in [2.05, 4.69) is 31.4 Å². The molecule has 94 valence electrons. The van der Waals surface area contributed by atoms with Crippen LogP contribution in [0.1, 0.15) is 31.7 Å². The highest BCUT2D eigenvalue weighted by Gasteiger charge is 2.27. The highest BCUT2D eigenvalue weighted by atomic mass is 35.5. The molecule has 0 aromatic heterocycles. The first kappa shape index (κ1) is 12.9. The molecule has 2 rings (SSSR count). The van der Waals surface area contributed by atoms with E-state index in [0.717, 1.165) is 23.3 Å². The van der Waals surface area contributed by atoms with Crippen LogP contribution in [0.3, 0.4) is 0 Å². The van der Waals surface area contributed by atoms with Crippen molar-refractivity contribution in [3.05, 3.63) is 34.9 Å². The van der Waals surface area contributed by atoms with Gasteiger partial charge in [0.05, 0.1) is 0 Å². The van der Waals surface area contributed by atoms with Crippen molar-refractivity contribution in [1.29, 1.82) is 0 Å². The molecule has 1 aliphatic rings. The van der Waals surface area contributed by atoms with Crippen molar-refractivity contribution in [3.63, 3.8) is 0 Å². The van der Waals surface area contributed by atoms with Crippen molar-refractivity contribution < 1.29 is 0 Å². The van der Waals surface area contributed by atoms with Crippen molar-refractivity contribution in [2.75, 3.05) is 7.05 Å². The van der Waals surface area contributed by atoms with E-state index in [9.17, 15) is 0 Å². The van der Waals surface area contributed by atoms with Gasteiger partial charge in [0, 0.05) is 11.1 Å². The van der Waals surface area contributed by atoms with Crippen LogP contribution in [-0.2, 0) is 6.42 Å². The van der Waals surface area contributed by atoms with Gasteiger partial charge in [-0.1, -0.05) is 37.1 Å². The molecule has 0 radical (unpaired) electrons. The van der Waals surface area contributed by atoms with Crippen molar-refractivity contribution in [3.8, 4) is 0 Å². The Labute approximate surface area is 110 Å². The molecule has 1 saturated carbocycles. The third-order valence-corrected chi connectivity index (χ3v) is 4.30. The van der Waals surface area contributed by atoms with Crippen molar-refractivity contribution >= 4 is 11.6 Å². The van der Waals surface area contributed by atoms with Gasteiger partial charge < -0.3 is 5.32 Å². The van der Waals surface area contributed by atoms with Gasteiger partial charge in [0.1, 0.15) is 0 Å². The van der Waals surface area contributed by atoms with Gasteiger partial charge in [-0.15, -0.1) is 0 Å². The van der Waals surface area contributed by atoms with E-state index in [-0.39, 0.29) is 0 Å². The second-order valence-corrected chi connectivity index (χ2v) is 5.84. The van der Waals surface area contributed by atoms with Crippen molar-refractivity contribution in [2.45, 2.75) is 38.6 Å². The van der Waals surface area contributed by atoms with E-state index in [4.69, 9.17) is 11.6 Å². The molecule has 3 unspecified atom stereocenters. The molecule has 0 spiro atoms. The molecule has 1 aromatic rings. The minimum Gasteiger partial charge on any atom is -0.316 e. The Morgan fingerprint density at radius 3 is 2.53 bits per heavy atom. The minimum absolute atomic E-state index is 0.612. The van der Waals surface area contributed by atoms with Crippen LogP contribution in [0.4, 0.5) is 0 Å². The summed E-state index contributed by atoms with van der Waals surface area (Å²) in [5.74, 6) is 1.74. The molecule has 1 nitrogen and oxygen atoms in total. The zero-order chi connectivity index (χ0) is 12.3. The SMILES string of the molecule is CNC(Cc1ccc(Cl)cc1)C1CCC(C)C1. The average Bonchev–Trinajstić information content (AvgIpc) is 2.75. The number of rotatable bonds is 4. The minimum atomic E-state index is 0.612. The quantitative estimate of drug-likeness (QED) is 0.856. The van der Waals surface area contributed by atoms with Gasteiger partial charge in [0.25, 0.3) is 0 Å². The third kappa shape index (κ3) is 3.46. The summed E-state index contributed by atoms with van der Waals surface area (Å²) in [4.78, 5) is 0. The van der Waals surface area contributed by atoms with Crippen molar-refractivity contribution in [1.82, 2.24) is 5.32 Å². The first-order valence-electron chi connectivity index (χ1n) is 6.60. The Kier molecular flexibility index (Phi) is 4.47. The molecule has 0 aliphatic heterocycles. The van der Waals surface area contributed by atoms with Crippen LogP contribution in [0.2, 0.25) is 5.02 Å². The summed E-state index contributed by atoms with van der Waals surface area (Å²) >= 11 is 5.91. The van der Waals surface area contributed by atoms with E-state index in [0.29, 0.717) is 6.04 Å². The predicted octanol–water partition coefficient (Wildman–Crippen LogP) is 3.91. The molecule has 17 heavy (non-hydrogen) atoms. The third-order valence-electron chi connectivity index (χ3n) is 4.04. The summed E-state index contributed by atoms with van der Waals surface area (Å²) in [6.45, 7) is 2.37. The monoisotopic (exact) mass is 251 g/mol. The maximum atomic E-state index is 5.91. The lowest BCUT2D eigenvalue weighted by Gasteiger charge is -2.23. The highest BCUT2D eigenvalue weighted by molar-refractivity contribution is 6.30. The largest absolute Gasteiger partial charge is 0.316 e. The zero-order valence-corrected chi connectivity index (χ0v) is 11.5. The summed E-state index contributed by atoms with van der Waals surface area (Å²) < 4.78 is 0. The van der Waals surface area contributed by atoms with E-state index < -0.39 is 0 Å². The predicted molar refractivity (Wildman–Crippen MR) is 74.5 cm³/mol. The lowest BCUT2D eigenvalue weighted by atomic mass is 9.91. The van der Waals surface area contributed by atoms with E-state index in [1.54, 1.807) is 0 Å². The molecule has 0 heterocycles. The lowest BCUT2D eigenvalue weighted by molar-refractivity contribution is 0.367. The molecule has 1 fully saturated rings. The Morgan fingerprint density at radius 1 is 1.29 bits per heavy atom. The van der Waals surface area contributed by atoms with Gasteiger partial charge in [0.15, 0.2) is 0 Å². The highest BCUT2D eigenvalue weighted by Crippen LogP contribution is 2.33. The Balaban J connectivity index is 1.97. The molecule has 3 atom stereocenters. The normalized spacial score (nSPS) is 26.1. The summed E-state index contributed by atoms with van der Waals surface area (Å²) in [6, 6.07) is 8.87. The van der Waals surface area contributed by atoms with Gasteiger partial charge in [-0.25, -0.2) is 0 Å². The molecular weight excluding hydrogens is 230 g/mol. The summed E-state index contributed by atoms with van der Waals surface area (Å²) in [5.41, 5.74) is 1.38. The van der Waals surface area contributed by atoms with E-state index in [1.807, 2.05) is 12.1 Å². The summed E-state index contributed by atoms with van der Waals surface area (Å²) in [7, 11) is 2.09. The molecule has 0 bridgehead atoms. The number of nitrogens with one attached hydrogen (secondary N) is 1. The topological polar surface area (TPSA) is 12.0 Å². The number of hydrogen-bond donors (Lipinski definition) is 1. The molecular formula is C15H22ClN. The smallest absolute Gasteiger partial charge is 0.0406 e. The zero-order valence-electron chi connectivity index (χ0n) is 10.7. The van der Waals surface area contributed by atoms with Gasteiger partial charge >= 0.3 is 0 Å². The van der Waals surface area contributed by atoms with Crippen LogP contribution < -0.4 is 5.32 Å². The maximum absolute atomic E-state index is 5.91. The maximum Gasteiger partial charge on any atom is 0.0406 e. The van der Waals surface area contributed by atoms with Gasteiger partial charge in [-0.2, -0.15) is 0 Å². The first-order chi connectivity index (χ1) is 8.19. The van der Waals surface area contributed by atoms with Crippen molar-refractivity contribution in [2.24, 2.45) is 11.8 Å². The summed E-state index contributed by atoms with van der Waals surface area (Å²) in [5, 5.41) is 4.32. The molecule has 2 heteroatoms. The molecule has 1 aromatic carbocycles. The lowest BCUT2D eigenvalue weighted by Crippen LogP contribution is -2.34. The fraction of sp³-hybridized carbons (Fsp3) is 0.600. The first-order valence-corrected chi connectivity index (χ1v) is 6.98. The molecule has 1 aliphatic carbocycles. The van der Waals surface area contributed by atoms with Crippen LogP contribution in [0, 0.1) is 11.8 Å². The molecule has 1 N–H and O–H groups in total. The fourth-order valence-corrected chi connectivity index (χ4v) is 3.12. The molecule has 0 amide bonds. The Hall–Kier alpha value is -0.530. The standard InChI is InChI=1S/C15H22ClN/c1-11-3-6-13(9-11)15(17-2)10-12-4-7-14(16)8-5-12/h4-5,7-8,11,13,15,17H,3,6,9-10H2,1-2H3. The number of benzene rings is 1. The van der Waals surface area contributed by atoms with Crippen LogP contribution in [0.25, 0.3) is 0 Å². The van der Waals surface area contributed by atoms with Crippen LogP contribution >= 0.6 is 11.6 Å². The Morgan fingerprint density at radius 2 is 2.00 bits per heavy atom. The van der Waals surface area contributed by atoms with E-state index in [1.165, 1.54) is 24.8 Å². The second-order valence-electron chi connectivity index (χ2n) is 5.40. The average molecular weight is 252 g/mol. The van der Waals surface area contributed by atoms with Crippen LogP contribution in [-0.4, -0.2) is 13.1 Å².